The van der Waals surface area contributed by atoms with Gasteiger partial charge in [-0.2, -0.15) is 17.5 Å². The molecule has 0 aliphatic carbocycles. The summed E-state index contributed by atoms with van der Waals surface area (Å²) in [6.45, 7) is 0.206. The molecule has 1 fully saturated rings. The van der Waals surface area contributed by atoms with Gasteiger partial charge in [-0.3, -0.25) is 0 Å². The van der Waals surface area contributed by atoms with Crippen LogP contribution in [0.5, 0.6) is 0 Å². The molecule has 26 heavy (non-hydrogen) atoms. The number of morpholine rings is 1. The predicted molar refractivity (Wildman–Crippen MR) is 85.3 cm³/mol. The zero-order chi connectivity index (χ0) is 18.9. The van der Waals surface area contributed by atoms with Gasteiger partial charge in [0.15, 0.2) is 0 Å². The standard InChI is InChI=1S/C17H15F4NO3S/c18-14-5-1-12(2-6-14)16-11-22(9-10-25-16)26(23,24)15-7-3-13(4-8-15)17(19,20)21/h1-8,16H,9-11H2/t16-/m0/s1. The van der Waals surface area contributed by atoms with Crippen LogP contribution >= 0.6 is 0 Å². The van der Waals surface area contributed by atoms with Gasteiger partial charge in [0.05, 0.1) is 23.2 Å². The van der Waals surface area contributed by atoms with Crippen LogP contribution in [0.25, 0.3) is 0 Å². The van der Waals surface area contributed by atoms with Gasteiger partial charge in [-0.15, -0.1) is 0 Å². The van der Waals surface area contributed by atoms with Crippen molar-refractivity contribution in [2.45, 2.75) is 17.2 Å². The van der Waals surface area contributed by atoms with Crippen LogP contribution < -0.4 is 0 Å². The summed E-state index contributed by atoms with van der Waals surface area (Å²) < 4.78 is 83.1. The molecular formula is C17H15F4NO3S. The Hall–Kier alpha value is -1.97. The molecule has 2 aromatic carbocycles. The first-order chi connectivity index (χ1) is 12.2. The van der Waals surface area contributed by atoms with Gasteiger partial charge in [0.2, 0.25) is 10.0 Å². The van der Waals surface area contributed by atoms with Crippen molar-refractivity contribution in [1.29, 1.82) is 0 Å². The highest BCUT2D eigenvalue weighted by atomic mass is 32.2. The van der Waals surface area contributed by atoms with Gasteiger partial charge < -0.3 is 4.74 Å². The molecule has 0 bridgehead atoms. The van der Waals surface area contributed by atoms with E-state index in [1.807, 2.05) is 0 Å². The third-order valence-electron chi connectivity index (χ3n) is 4.09. The lowest BCUT2D eigenvalue weighted by Gasteiger charge is -2.32. The van der Waals surface area contributed by atoms with Crippen molar-refractivity contribution >= 4 is 10.0 Å². The van der Waals surface area contributed by atoms with Crippen molar-refractivity contribution in [1.82, 2.24) is 4.31 Å². The Kier molecular flexibility index (Phi) is 5.05. The molecule has 1 aliphatic rings. The Morgan fingerprint density at radius 3 is 2.19 bits per heavy atom. The third-order valence-corrected chi connectivity index (χ3v) is 5.97. The van der Waals surface area contributed by atoms with E-state index in [1.54, 1.807) is 0 Å². The van der Waals surface area contributed by atoms with Gasteiger partial charge in [0.1, 0.15) is 5.82 Å². The molecule has 0 spiro atoms. The molecule has 1 aliphatic heterocycles. The monoisotopic (exact) mass is 389 g/mol. The first kappa shape index (κ1) is 18.8. The summed E-state index contributed by atoms with van der Waals surface area (Å²) in [5, 5.41) is 0. The van der Waals surface area contributed by atoms with E-state index in [1.165, 1.54) is 24.3 Å². The minimum Gasteiger partial charge on any atom is -0.371 e. The fourth-order valence-corrected chi connectivity index (χ4v) is 4.11. The van der Waals surface area contributed by atoms with Crippen LogP contribution in [0, 0.1) is 5.82 Å². The lowest BCUT2D eigenvalue weighted by atomic mass is 10.1. The largest absolute Gasteiger partial charge is 0.416 e. The zero-order valence-corrected chi connectivity index (χ0v) is 14.2. The maximum Gasteiger partial charge on any atom is 0.416 e. The summed E-state index contributed by atoms with van der Waals surface area (Å²) in [6.07, 6.45) is -5.11. The van der Waals surface area contributed by atoms with Crippen molar-refractivity contribution in [2.75, 3.05) is 19.7 Å². The van der Waals surface area contributed by atoms with Gasteiger partial charge in [0.25, 0.3) is 0 Å². The number of ether oxygens (including phenoxy) is 1. The molecule has 0 amide bonds. The van der Waals surface area contributed by atoms with Crippen LogP contribution in [0.2, 0.25) is 0 Å². The summed E-state index contributed by atoms with van der Waals surface area (Å²) in [5.74, 6) is -0.418. The number of halogens is 4. The normalized spacial score (nSPS) is 19.5. The molecule has 0 N–H and O–H groups in total. The van der Waals surface area contributed by atoms with Crippen molar-refractivity contribution < 1.29 is 30.7 Å². The molecule has 1 heterocycles. The Bertz CT molecular complexity index is 864. The zero-order valence-electron chi connectivity index (χ0n) is 13.4. The topological polar surface area (TPSA) is 46.6 Å². The van der Waals surface area contributed by atoms with E-state index in [4.69, 9.17) is 4.74 Å². The highest BCUT2D eigenvalue weighted by Crippen LogP contribution is 2.31. The van der Waals surface area contributed by atoms with Crippen molar-refractivity contribution in [3.8, 4) is 0 Å². The number of sulfonamides is 1. The van der Waals surface area contributed by atoms with Gasteiger partial charge in [-0.25, -0.2) is 12.8 Å². The molecule has 9 heteroatoms. The molecule has 2 aromatic rings. The summed E-state index contributed by atoms with van der Waals surface area (Å²) >= 11 is 0. The van der Waals surface area contributed by atoms with E-state index in [2.05, 4.69) is 0 Å². The summed E-state index contributed by atoms with van der Waals surface area (Å²) in [4.78, 5) is -0.217. The van der Waals surface area contributed by atoms with Gasteiger partial charge in [-0.05, 0) is 42.0 Å². The van der Waals surface area contributed by atoms with Gasteiger partial charge in [-0.1, -0.05) is 12.1 Å². The quantitative estimate of drug-likeness (QED) is 0.754. The van der Waals surface area contributed by atoms with E-state index in [0.717, 1.165) is 28.6 Å². The minimum absolute atomic E-state index is 0.00497. The van der Waals surface area contributed by atoms with Crippen LogP contribution in [0.4, 0.5) is 17.6 Å². The number of rotatable bonds is 3. The molecule has 3 rings (SSSR count). The third kappa shape index (κ3) is 3.89. The Balaban J connectivity index is 1.81. The highest BCUT2D eigenvalue weighted by molar-refractivity contribution is 7.89. The predicted octanol–water partition coefficient (Wildman–Crippen LogP) is 3.61. The van der Waals surface area contributed by atoms with E-state index in [0.29, 0.717) is 5.56 Å². The lowest BCUT2D eigenvalue weighted by Crippen LogP contribution is -2.42. The fraction of sp³-hybridized carbons (Fsp3) is 0.294. The molecule has 4 nitrogen and oxygen atoms in total. The summed E-state index contributed by atoms with van der Waals surface area (Å²) in [6, 6.07) is 8.89. The van der Waals surface area contributed by atoms with Crippen LogP contribution in [0.15, 0.2) is 53.4 Å². The first-order valence-corrected chi connectivity index (χ1v) is 9.16. The molecule has 0 unspecified atom stereocenters. The number of hydrogen-bond acceptors (Lipinski definition) is 3. The number of hydrogen-bond donors (Lipinski definition) is 0. The molecule has 0 radical (unpaired) electrons. The number of nitrogens with zero attached hydrogens (tertiary/aromatic N) is 1. The van der Waals surface area contributed by atoms with Crippen LogP contribution in [0.1, 0.15) is 17.2 Å². The molecular weight excluding hydrogens is 374 g/mol. The van der Waals surface area contributed by atoms with Crippen molar-refractivity contribution in [3.63, 3.8) is 0 Å². The van der Waals surface area contributed by atoms with Crippen LogP contribution in [-0.4, -0.2) is 32.4 Å². The second-order valence-corrected chi connectivity index (χ2v) is 7.73. The van der Waals surface area contributed by atoms with Gasteiger partial charge >= 0.3 is 6.18 Å². The maximum absolute atomic E-state index is 13.0. The number of benzene rings is 2. The smallest absolute Gasteiger partial charge is 0.371 e. The summed E-state index contributed by atoms with van der Waals surface area (Å²) in [7, 11) is -3.96. The second kappa shape index (κ2) is 6.98. The average Bonchev–Trinajstić information content (AvgIpc) is 2.62. The Morgan fingerprint density at radius 2 is 1.62 bits per heavy atom. The van der Waals surface area contributed by atoms with Gasteiger partial charge in [0, 0.05) is 13.1 Å². The van der Waals surface area contributed by atoms with E-state index in [-0.39, 0.29) is 24.6 Å². The van der Waals surface area contributed by atoms with E-state index < -0.39 is 33.7 Å². The maximum atomic E-state index is 13.0. The highest BCUT2D eigenvalue weighted by Gasteiger charge is 2.33. The Morgan fingerprint density at radius 1 is 1.00 bits per heavy atom. The summed E-state index contributed by atoms with van der Waals surface area (Å²) in [5.41, 5.74) is -0.290. The van der Waals surface area contributed by atoms with Crippen molar-refractivity contribution in [3.05, 3.63) is 65.5 Å². The molecule has 1 saturated heterocycles. The second-order valence-electron chi connectivity index (χ2n) is 5.80. The number of alkyl halides is 3. The van der Waals surface area contributed by atoms with Crippen LogP contribution in [0.3, 0.4) is 0 Å². The minimum atomic E-state index is -4.53. The van der Waals surface area contributed by atoms with Crippen molar-refractivity contribution in [2.24, 2.45) is 0 Å². The van der Waals surface area contributed by atoms with E-state index in [9.17, 15) is 26.0 Å². The van der Waals surface area contributed by atoms with Crippen LogP contribution in [-0.2, 0) is 20.9 Å². The molecule has 0 aromatic heterocycles. The van der Waals surface area contributed by atoms with E-state index >= 15 is 0 Å². The molecule has 1 atom stereocenters. The lowest BCUT2D eigenvalue weighted by molar-refractivity contribution is -0.137. The molecule has 140 valence electrons. The fourth-order valence-electron chi connectivity index (χ4n) is 2.69. The Labute approximate surface area is 148 Å². The first-order valence-electron chi connectivity index (χ1n) is 7.72. The molecule has 0 saturated carbocycles. The average molecular weight is 389 g/mol. The SMILES string of the molecule is O=S(=O)(c1ccc(C(F)(F)F)cc1)N1CCO[C@H](c2ccc(F)cc2)C1.